The monoisotopic (exact) mass is 326 g/mol. The molecule has 1 aromatic carbocycles. The number of hydrogen-bond donors (Lipinski definition) is 1. The van der Waals surface area contributed by atoms with Crippen LogP contribution in [-0.2, 0) is 10.0 Å². The molecule has 8 heteroatoms. The Morgan fingerprint density at radius 2 is 2.14 bits per heavy atom. The van der Waals surface area contributed by atoms with Crippen molar-refractivity contribution < 1.29 is 22.7 Å². The lowest BCUT2D eigenvalue weighted by molar-refractivity contribution is 0.0696. The van der Waals surface area contributed by atoms with Crippen molar-refractivity contribution in [1.82, 2.24) is 4.31 Å². The van der Waals surface area contributed by atoms with Crippen LogP contribution in [-0.4, -0.2) is 36.9 Å². The van der Waals surface area contributed by atoms with Gasteiger partial charge in [0.15, 0.2) is 0 Å². The van der Waals surface area contributed by atoms with Gasteiger partial charge in [0.05, 0.1) is 11.6 Å². The van der Waals surface area contributed by atoms with E-state index in [1.807, 2.05) is 6.07 Å². The second-order valence-electron chi connectivity index (χ2n) is 5.16. The van der Waals surface area contributed by atoms with Crippen molar-refractivity contribution in [3.05, 3.63) is 29.6 Å². The minimum atomic E-state index is -4.09. The van der Waals surface area contributed by atoms with Crippen LogP contribution < -0.4 is 0 Å². The summed E-state index contributed by atoms with van der Waals surface area (Å²) in [7, 11) is -4.09. The molecule has 0 unspecified atom stereocenters. The zero-order valence-corrected chi connectivity index (χ0v) is 12.5. The van der Waals surface area contributed by atoms with Gasteiger partial charge in [0, 0.05) is 19.5 Å². The van der Waals surface area contributed by atoms with Crippen LogP contribution in [0.3, 0.4) is 0 Å². The molecule has 0 amide bonds. The average molecular weight is 326 g/mol. The van der Waals surface area contributed by atoms with Crippen molar-refractivity contribution >= 4 is 16.0 Å². The van der Waals surface area contributed by atoms with Gasteiger partial charge in [0.2, 0.25) is 10.0 Å². The molecule has 1 aliphatic rings. The van der Waals surface area contributed by atoms with E-state index in [9.17, 15) is 17.6 Å². The molecule has 0 radical (unpaired) electrons. The smallest absolute Gasteiger partial charge is 0.335 e. The molecule has 0 heterocycles. The van der Waals surface area contributed by atoms with Crippen LogP contribution >= 0.6 is 0 Å². The van der Waals surface area contributed by atoms with Crippen LogP contribution in [0.2, 0.25) is 0 Å². The molecule has 0 aromatic heterocycles. The van der Waals surface area contributed by atoms with Gasteiger partial charge in [-0.2, -0.15) is 9.57 Å². The molecule has 1 aromatic rings. The average Bonchev–Trinajstić information content (AvgIpc) is 3.26. The quantitative estimate of drug-likeness (QED) is 0.824. The number of benzene rings is 1. The standard InChI is InChI=1S/C14H15FN2O4S/c15-12-8-11(14(18)19)4-5-13(12)22(20,21)17(7-1-6-16)9-10-2-3-10/h4-5,8,10H,1-3,7,9H2,(H,18,19). The molecule has 0 bridgehead atoms. The van der Waals surface area contributed by atoms with E-state index in [1.165, 1.54) is 0 Å². The van der Waals surface area contributed by atoms with E-state index in [0.29, 0.717) is 6.07 Å². The Bertz CT molecular complexity index is 723. The summed E-state index contributed by atoms with van der Waals surface area (Å²) in [6.07, 6.45) is 1.85. The molecule has 6 nitrogen and oxygen atoms in total. The second kappa shape index (κ2) is 6.42. The topological polar surface area (TPSA) is 98.5 Å². The van der Waals surface area contributed by atoms with E-state index in [2.05, 4.69) is 0 Å². The Morgan fingerprint density at radius 3 is 2.64 bits per heavy atom. The van der Waals surface area contributed by atoms with Crippen molar-refractivity contribution in [1.29, 1.82) is 5.26 Å². The highest BCUT2D eigenvalue weighted by Gasteiger charge is 2.33. The predicted molar refractivity (Wildman–Crippen MR) is 75.1 cm³/mol. The number of sulfonamides is 1. The van der Waals surface area contributed by atoms with Crippen molar-refractivity contribution in [2.24, 2.45) is 5.92 Å². The third-order valence-corrected chi connectivity index (χ3v) is 5.33. The summed E-state index contributed by atoms with van der Waals surface area (Å²) in [5, 5.41) is 17.4. The number of nitrogens with zero attached hydrogens (tertiary/aromatic N) is 2. The van der Waals surface area contributed by atoms with Gasteiger partial charge in [-0.05, 0) is 37.0 Å². The van der Waals surface area contributed by atoms with E-state index < -0.39 is 26.7 Å². The van der Waals surface area contributed by atoms with Crippen LogP contribution in [0.15, 0.2) is 23.1 Å². The molecule has 1 saturated carbocycles. The maximum Gasteiger partial charge on any atom is 0.335 e. The van der Waals surface area contributed by atoms with Gasteiger partial charge >= 0.3 is 5.97 Å². The van der Waals surface area contributed by atoms with Gasteiger partial charge in [-0.1, -0.05) is 0 Å². The lowest BCUT2D eigenvalue weighted by Gasteiger charge is -2.21. The maximum absolute atomic E-state index is 14.0. The minimum Gasteiger partial charge on any atom is -0.478 e. The number of halogens is 1. The van der Waals surface area contributed by atoms with Gasteiger partial charge in [-0.15, -0.1) is 0 Å². The molecule has 1 fully saturated rings. The molecule has 1 aliphatic carbocycles. The number of carbonyl (C=O) groups is 1. The molecular weight excluding hydrogens is 311 g/mol. The van der Waals surface area contributed by atoms with Crippen molar-refractivity contribution in [2.75, 3.05) is 13.1 Å². The van der Waals surface area contributed by atoms with Crippen LogP contribution in [0.25, 0.3) is 0 Å². The second-order valence-corrected chi connectivity index (χ2v) is 7.07. The van der Waals surface area contributed by atoms with Crippen LogP contribution in [0.1, 0.15) is 29.6 Å². The van der Waals surface area contributed by atoms with Crippen molar-refractivity contribution in [3.8, 4) is 6.07 Å². The van der Waals surface area contributed by atoms with Crippen LogP contribution in [0, 0.1) is 23.1 Å². The summed E-state index contributed by atoms with van der Waals surface area (Å²) in [5.41, 5.74) is -0.317. The third-order valence-electron chi connectivity index (χ3n) is 3.43. The number of nitriles is 1. The third kappa shape index (κ3) is 3.61. The van der Waals surface area contributed by atoms with Crippen LogP contribution in [0.4, 0.5) is 4.39 Å². The number of carboxylic acid groups (broad SMARTS) is 1. The van der Waals surface area contributed by atoms with E-state index in [0.717, 1.165) is 29.3 Å². The summed E-state index contributed by atoms with van der Waals surface area (Å²) in [5.74, 6) is -2.19. The van der Waals surface area contributed by atoms with Crippen molar-refractivity contribution in [3.63, 3.8) is 0 Å². The molecular formula is C14H15FN2O4S. The first kappa shape index (κ1) is 16.4. The van der Waals surface area contributed by atoms with Crippen molar-refractivity contribution in [2.45, 2.75) is 24.2 Å². The number of aromatic carboxylic acids is 1. The summed E-state index contributed by atoms with van der Waals surface area (Å²) < 4.78 is 40.2. The zero-order chi connectivity index (χ0) is 16.3. The van der Waals surface area contributed by atoms with Gasteiger partial charge in [-0.25, -0.2) is 17.6 Å². The fraction of sp³-hybridized carbons (Fsp3) is 0.429. The lowest BCUT2D eigenvalue weighted by atomic mass is 10.2. The lowest BCUT2D eigenvalue weighted by Crippen LogP contribution is -2.34. The Balaban J connectivity index is 2.33. The summed E-state index contributed by atoms with van der Waals surface area (Å²) in [6.45, 7) is 0.250. The molecule has 0 saturated heterocycles. The fourth-order valence-corrected chi connectivity index (χ4v) is 3.62. The number of carboxylic acids is 1. The van der Waals surface area contributed by atoms with E-state index >= 15 is 0 Å². The number of rotatable bonds is 7. The highest BCUT2D eigenvalue weighted by molar-refractivity contribution is 7.89. The van der Waals surface area contributed by atoms with Gasteiger partial charge in [0.1, 0.15) is 10.7 Å². The molecule has 0 spiro atoms. The zero-order valence-electron chi connectivity index (χ0n) is 11.7. The predicted octanol–water partition coefficient (Wildman–Crippen LogP) is 1.84. The first-order valence-electron chi connectivity index (χ1n) is 6.76. The molecule has 22 heavy (non-hydrogen) atoms. The summed E-state index contributed by atoms with van der Waals surface area (Å²) in [6, 6.07) is 4.58. The Labute approximate surface area is 127 Å². The summed E-state index contributed by atoms with van der Waals surface area (Å²) in [4.78, 5) is 10.2. The first-order valence-corrected chi connectivity index (χ1v) is 8.20. The Kier molecular flexibility index (Phi) is 4.78. The SMILES string of the molecule is N#CCCN(CC1CC1)S(=O)(=O)c1ccc(C(=O)O)cc1F. The Morgan fingerprint density at radius 1 is 1.45 bits per heavy atom. The Hall–Kier alpha value is -1.98. The molecule has 1 N–H and O–H groups in total. The number of hydrogen-bond acceptors (Lipinski definition) is 4. The normalized spacial score (nSPS) is 14.8. The van der Waals surface area contributed by atoms with E-state index in [1.54, 1.807) is 0 Å². The van der Waals surface area contributed by atoms with Gasteiger partial charge in [-0.3, -0.25) is 0 Å². The molecule has 2 rings (SSSR count). The highest BCUT2D eigenvalue weighted by Crippen LogP contribution is 2.32. The van der Waals surface area contributed by atoms with Gasteiger partial charge in [0.25, 0.3) is 0 Å². The maximum atomic E-state index is 14.0. The fourth-order valence-electron chi connectivity index (χ4n) is 2.05. The molecule has 0 aliphatic heterocycles. The first-order chi connectivity index (χ1) is 10.4. The van der Waals surface area contributed by atoms with E-state index in [4.69, 9.17) is 10.4 Å². The van der Waals surface area contributed by atoms with Crippen LogP contribution in [0.5, 0.6) is 0 Å². The van der Waals surface area contributed by atoms with Gasteiger partial charge < -0.3 is 5.11 Å². The highest BCUT2D eigenvalue weighted by atomic mass is 32.2. The van der Waals surface area contributed by atoms with E-state index in [-0.39, 0.29) is 31.0 Å². The molecule has 0 atom stereocenters. The molecule has 118 valence electrons. The summed E-state index contributed by atoms with van der Waals surface area (Å²) >= 11 is 0. The largest absolute Gasteiger partial charge is 0.478 e. The minimum absolute atomic E-state index is 0.00451.